The first kappa shape index (κ1) is 18.9. The number of carbonyl (C=O) groups is 1. The van der Waals surface area contributed by atoms with E-state index in [1.165, 1.54) is 23.3 Å². The maximum Gasteiger partial charge on any atom is 0.267 e. The number of rotatable bonds is 3. The Labute approximate surface area is 178 Å². The number of nitrogens with two attached hydrogens (primary N) is 1. The second kappa shape index (κ2) is 7.61. The van der Waals surface area contributed by atoms with Gasteiger partial charge in [0.15, 0.2) is 0 Å². The molecule has 3 heterocycles. The van der Waals surface area contributed by atoms with E-state index in [-0.39, 0.29) is 5.91 Å². The first-order chi connectivity index (χ1) is 14.6. The van der Waals surface area contributed by atoms with Gasteiger partial charge in [0, 0.05) is 22.3 Å². The number of pyridine rings is 1. The van der Waals surface area contributed by atoms with Crippen molar-refractivity contribution in [2.24, 2.45) is 0 Å². The fourth-order valence-corrected chi connectivity index (χ4v) is 5.19. The molecule has 0 atom stereocenters. The SMILES string of the molecule is Cc1ccc(NC(=O)c2sc3nc4c(c(-c5ccco5)c3c2N)CCCCC4)cc1. The van der Waals surface area contributed by atoms with Crippen LogP contribution in [0.2, 0.25) is 0 Å². The lowest BCUT2D eigenvalue weighted by atomic mass is 9.96. The highest BCUT2D eigenvalue weighted by molar-refractivity contribution is 7.21. The summed E-state index contributed by atoms with van der Waals surface area (Å²) in [6, 6.07) is 11.6. The predicted octanol–water partition coefficient (Wildman–Crippen LogP) is 5.97. The Hall–Kier alpha value is -3.12. The second-order valence-corrected chi connectivity index (χ2v) is 8.79. The van der Waals surface area contributed by atoms with Crippen LogP contribution in [0.25, 0.3) is 21.5 Å². The number of nitrogens with one attached hydrogen (secondary N) is 1. The normalized spacial score (nSPS) is 13.8. The molecule has 0 saturated carbocycles. The minimum Gasteiger partial charge on any atom is -0.464 e. The van der Waals surface area contributed by atoms with Crippen molar-refractivity contribution in [2.45, 2.75) is 39.0 Å². The van der Waals surface area contributed by atoms with Gasteiger partial charge in [0.05, 0.1) is 12.0 Å². The molecule has 0 bridgehead atoms. The molecule has 3 aromatic heterocycles. The molecule has 0 saturated heterocycles. The molecule has 1 aromatic carbocycles. The van der Waals surface area contributed by atoms with Crippen molar-refractivity contribution in [3.05, 3.63) is 64.4 Å². The highest BCUT2D eigenvalue weighted by Crippen LogP contribution is 2.43. The van der Waals surface area contributed by atoms with Gasteiger partial charge in [-0.15, -0.1) is 11.3 Å². The lowest BCUT2D eigenvalue weighted by molar-refractivity contribution is 0.103. The number of nitrogens with zero attached hydrogens (tertiary/aromatic N) is 1. The summed E-state index contributed by atoms with van der Waals surface area (Å²) in [6.07, 6.45) is 7.03. The Morgan fingerprint density at radius 2 is 1.93 bits per heavy atom. The number of carbonyl (C=O) groups excluding carboxylic acids is 1. The third kappa shape index (κ3) is 3.27. The molecule has 6 heteroatoms. The van der Waals surface area contributed by atoms with Crippen molar-refractivity contribution in [2.75, 3.05) is 11.1 Å². The molecule has 1 amide bonds. The van der Waals surface area contributed by atoms with E-state index in [1.54, 1.807) is 6.26 Å². The van der Waals surface area contributed by atoms with Crippen LogP contribution in [-0.4, -0.2) is 10.9 Å². The Morgan fingerprint density at radius 3 is 2.70 bits per heavy atom. The molecule has 5 nitrogen and oxygen atoms in total. The summed E-state index contributed by atoms with van der Waals surface area (Å²) in [4.78, 5) is 19.3. The number of benzene rings is 1. The molecule has 30 heavy (non-hydrogen) atoms. The number of anilines is 2. The Kier molecular flexibility index (Phi) is 4.79. The smallest absolute Gasteiger partial charge is 0.267 e. The van der Waals surface area contributed by atoms with E-state index < -0.39 is 0 Å². The molecule has 0 fully saturated rings. The van der Waals surface area contributed by atoms with Crippen LogP contribution in [0, 0.1) is 6.92 Å². The van der Waals surface area contributed by atoms with Gasteiger partial charge in [0.1, 0.15) is 15.5 Å². The number of aromatic nitrogens is 1. The largest absolute Gasteiger partial charge is 0.464 e. The monoisotopic (exact) mass is 417 g/mol. The number of aryl methyl sites for hydroxylation is 2. The Morgan fingerprint density at radius 1 is 1.13 bits per heavy atom. The zero-order valence-electron chi connectivity index (χ0n) is 16.8. The summed E-state index contributed by atoms with van der Waals surface area (Å²) in [5.41, 5.74) is 12.3. The molecule has 3 N–H and O–H groups in total. The first-order valence-corrected chi connectivity index (χ1v) is 11.1. The zero-order chi connectivity index (χ0) is 20.7. The quantitative estimate of drug-likeness (QED) is 0.403. The van der Waals surface area contributed by atoms with Gasteiger partial charge in [-0.2, -0.15) is 0 Å². The fourth-order valence-electron chi connectivity index (χ4n) is 4.17. The van der Waals surface area contributed by atoms with Crippen molar-refractivity contribution in [3.8, 4) is 11.3 Å². The van der Waals surface area contributed by atoms with Crippen molar-refractivity contribution < 1.29 is 9.21 Å². The van der Waals surface area contributed by atoms with Gasteiger partial charge < -0.3 is 15.5 Å². The van der Waals surface area contributed by atoms with E-state index in [4.69, 9.17) is 15.1 Å². The highest BCUT2D eigenvalue weighted by Gasteiger charge is 2.26. The van der Waals surface area contributed by atoms with E-state index >= 15 is 0 Å². The summed E-state index contributed by atoms with van der Waals surface area (Å²) >= 11 is 1.36. The topological polar surface area (TPSA) is 81.2 Å². The maximum atomic E-state index is 13.0. The Balaban J connectivity index is 1.65. The molecule has 1 aliphatic rings. The summed E-state index contributed by atoms with van der Waals surface area (Å²) in [5, 5.41) is 3.80. The van der Waals surface area contributed by atoms with Gasteiger partial charge in [0.2, 0.25) is 0 Å². The second-order valence-electron chi connectivity index (χ2n) is 7.80. The van der Waals surface area contributed by atoms with Crippen LogP contribution in [0.1, 0.15) is 45.8 Å². The number of furan rings is 1. The van der Waals surface area contributed by atoms with Gasteiger partial charge in [-0.05, 0) is 62.4 Å². The third-order valence-electron chi connectivity index (χ3n) is 5.69. The van der Waals surface area contributed by atoms with Gasteiger partial charge in [-0.3, -0.25) is 4.79 Å². The average molecular weight is 418 g/mol. The number of thiophene rings is 1. The molecule has 0 radical (unpaired) electrons. The van der Waals surface area contributed by atoms with Gasteiger partial charge >= 0.3 is 0 Å². The maximum absolute atomic E-state index is 13.0. The summed E-state index contributed by atoms with van der Waals surface area (Å²) in [6.45, 7) is 2.02. The van der Waals surface area contributed by atoms with Crippen LogP contribution in [0.15, 0.2) is 47.1 Å². The van der Waals surface area contributed by atoms with E-state index in [2.05, 4.69) is 5.32 Å². The molecule has 0 aliphatic heterocycles. The zero-order valence-corrected chi connectivity index (χ0v) is 17.6. The molecule has 1 aliphatic carbocycles. The summed E-state index contributed by atoms with van der Waals surface area (Å²) in [7, 11) is 0. The van der Waals surface area contributed by atoms with Crippen LogP contribution in [0.5, 0.6) is 0 Å². The number of amides is 1. The van der Waals surface area contributed by atoms with E-state index in [0.29, 0.717) is 10.6 Å². The van der Waals surface area contributed by atoms with E-state index in [9.17, 15) is 4.79 Å². The molecule has 5 rings (SSSR count). The molecule has 0 spiro atoms. The highest BCUT2D eigenvalue weighted by atomic mass is 32.1. The predicted molar refractivity (Wildman–Crippen MR) is 122 cm³/mol. The van der Waals surface area contributed by atoms with Crippen molar-refractivity contribution in [1.29, 1.82) is 0 Å². The van der Waals surface area contributed by atoms with Gasteiger partial charge in [0.25, 0.3) is 5.91 Å². The number of nitrogen functional groups attached to an aromatic ring is 1. The van der Waals surface area contributed by atoms with Crippen LogP contribution in [0.3, 0.4) is 0 Å². The van der Waals surface area contributed by atoms with Crippen LogP contribution < -0.4 is 11.1 Å². The number of hydrogen-bond donors (Lipinski definition) is 2. The van der Waals surface area contributed by atoms with Crippen LogP contribution >= 0.6 is 11.3 Å². The van der Waals surface area contributed by atoms with E-state index in [0.717, 1.165) is 64.2 Å². The minimum atomic E-state index is -0.208. The summed E-state index contributed by atoms with van der Waals surface area (Å²) < 4.78 is 5.79. The van der Waals surface area contributed by atoms with Crippen molar-refractivity contribution in [1.82, 2.24) is 4.98 Å². The molecular weight excluding hydrogens is 394 g/mol. The third-order valence-corrected chi connectivity index (χ3v) is 6.78. The molecule has 152 valence electrons. The van der Waals surface area contributed by atoms with Crippen LogP contribution in [-0.2, 0) is 12.8 Å². The Bertz CT molecular complexity index is 1220. The standard InChI is InChI=1S/C24H23N3O2S/c1-14-9-11-15(12-10-14)26-23(28)22-21(25)20-19(18-8-5-13-29-18)16-6-3-2-4-7-17(16)27-24(20)30-22/h5,8-13H,2-4,6-7,25H2,1H3,(H,26,28). The van der Waals surface area contributed by atoms with Crippen molar-refractivity contribution >= 4 is 38.8 Å². The lowest BCUT2D eigenvalue weighted by Gasteiger charge is -2.12. The molecule has 0 unspecified atom stereocenters. The number of hydrogen-bond acceptors (Lipinski definition) is 5. The van der Waals surface area contributed by atoms with Gasteiger partial charge in [-0.25, -0.2) is 4.98 Å². The van der Waals surface area contributed by atoms with Crippen LogP contribution in [0.4, 0.5) is 11.4 Å². The lowest BCUT2D eigenvalue weighted by Crippen LogP contribution is -2.12. The fraction of sp³-hybridized carbons (Fsp3) is 0.250. The van der Waals surface area contributed by atoms with Gasteiger partial charge in [-0.1, -0.05) is 24.1 Å². The summed E-state index contributed by atoms with van der Waals surface area (Å²) in [5.74, 6) is 0.579. The van der Waals surface area contributed by atoms with Crippen molar-refractivity contribution in [3.63, 3.8) is 0 Å². The minimum absolute atomic E-state index is 0.208. The van der Waals surface area contributed by atoms with E-state index in [1.807, 2.05) is 43.3 Å². The molecule has 4 aromatic rings. The first-order valence-electron chi connectivity index (χ1n) is 10.3. The molecular formula is C24H23N3O2S. The average Bonchev–Trinajstić information content (AvgIpc) is 3.31. The number of fused-ring (bicyclic) bond motifs is 2.